The molecule has 1 saturated heterocycles. The van der Waals surface area contributed by atoms with Crippen LogP contribution in [0.3, 0.4) is 0 Å². The summed E-state index contributed by atoms with van der Waals surface area (Å²) in [5.74, 6) is 2.82. The highest BCUT2D eigenvalue weighted by atomic mass is 35.5. The molecule has 1 aromatic rings. The molecule has 6 nitrogen and oxygen atoms in total. The van der Waals surface area contributed by atoms with E-state index >= 15 is 0 Å². The predicted molar refractivity (Wildman–Crippen MR) is 94.2 cm³/mol. The van der Waals surface area contributed by atoms with Gasteiger partial charge in [-0.25, -0.2) is 0 Å². The van der Waals surface area contributed by atoms with Crippen molar-refractivity contribution in [3.05, 3.63) is 22.7 Å². The van der Waals surface area contributed by atoms with Gasteiger partial charge in [0.2, 0.25) is 0 Å². The number of fused-ring (bicyclic) bond motifs is 1. The number of methoxy groups -OCH3 is 1. The molecule has 0 bridgehead atoms. The van der Waals surface area contributed by atoms with E-state index in [-0.39, 0.29) is 0 Å². The van der Waals surface area contributed by atoms with Crippen LogP contribution >= 0.6 is 11.6 Å². The second-order valence-electron chi connectivity index (χ2n) is 6.06. The third-order valence-electron chi connectivity index (χ3n) is 4.31. The Kier molecular flexibility index (Phi) is 5.68. The maximum absolute atomic E-state index is 6.29. The number of nitrogens with one attached hydrogen (secondary N) is 1. The topological polar surface area (TPSA) is 55.3 Å². The fourth-order valence-electron chi connectivity index (χ4n) is 3.18. The number of hydrogen-bond acceptors (Lipinski definition) is 4. The smallest absolute Gasteiger partial charge is 0.193 e. The van der Waals surface area contributed by atoms with Gasteiger partial charge in [-0.2, -0.15) is 0 Å². The molecule has 1 atom stereocenters. The number of hydrogen-bond donors (Lipinski definition) is 1. The minimum Gasteiger partial charge on any atom is -0.486 e. The van der Waals surface area contributed by atoms with Crippen molar-refractivity contribution in [1.29, 1.82) is 0 Å². The Labute approximate surface area is 147 Å². The normalized spacial score (nSPS) is 20.4. The molecule has 7 heteroatoms. The van der Waals surface area contributed by atoms with Crippen LogP contribution in [0.4, 0.5) is 0 Å². The van der Waals surface area contributed by atoms with E-state index in [4.69, 9.17) is 25.8 Å². The fraction of sp³-hybridized carbons (Fsp3) is 0.588. The molecule has 132 valence electrons. The van der Waals surface area contributed by atoms with Gasteiger partial charge in [0.1, 0.15) is 13.2 Å². The SMILES string of the molecule is CN=C(NCc1cc(Cl)c2c(c1)OCCO2)N1CCC(COC)C1. The Morgan fingerprint density at radius 1 is 1.42 bits per heavy atom. The van der Waals surface area contributed by atoms with Gasteiger partial charge < -0.3 is 24.4 Å². The van der Waals surface area contributed by atoms with Crippen molar-refractivity contribution >= 4 is 17.6 Å². The van der Waals surface area contributed by atoms with Crippen molar-refractivity contribution in [2.45, 2.75) is 13.0 Å². The number of likely N-dealkylation sites (tertiary alicyclic amines) is 1. The lowest BCUT2D eigenvalue weighted by atomic mass is 10.1. The summed E-state index contributed by atoms with van der Waals surface area (Å²) in [4.78, 5) is 6.66. The van der Waals surface area contributed by atoms with Crippen LogP contribution in [0.2, 0.25) is 5.02 Å². The minimum atomic E-state index is 0.536. The third-order valence-corrected chi connectivity index (χ3v) is 4.59. The van der Waals surface area contributed by atoms with Gasteiger partial charge >= 0.3 is 0 Å². The maximum Gasteiger partial charge on any atom is 0.193 e. The Morgan fingerprint density at radius 3 is 3.04 bits per heavy atom. The number of guanidine groups is 1. The molecule has 24 heavy (non-hydrogen) atoms. The molecule has 1 unspecified atom stereocenters. The van der Waals surface area contributed by atoms with Gasteiger partial charge in [0.05, 0.1) is 11.6 Å². The lowest BCUT2D eigenvalue weighted by molar-refractivity contribution is 0.157. The van der Waals surface area contributed by atoms with Gasteiger partial charge in [0.15, 0.2) is 17.5 Å². The zero-order chi connectivity index (χ0) is 16.9. The maximum atomic E-state index is 6.29. The van der Waals surface area contributed by atoms with Crippen LogP contribution in [0.15, 0.2) is 17.1 Å². The summed E-state index contributed by atoms with van der Waals surface area (Å²) in [7, 11) is 3.56. The molecule has 0 saturated carbocycles. The highest BCUT2D eigenvalue weighted by Crippen LogP contribution is 2.38. The molecule has 3 rings (SSSR count). The molecule has 0 aromatic heterocycles. The van der Waals surface area contributed by atoms with E-state index in [2.05, 4.69) is 15.2 Å². The second kappa shape index (κ2) is 7.94. The molecule has 2 heterocycles. The van der Waals surface area contributed by atoms with Crippen molar-refractivity contribution in [1.82, 2.24) is 10.2 Å². The standard InChI is InChI=1S/C17H24ClN3O3/c1-19-17(21-4-3-12(10-21)11-22-2)20-9-13-7-14(18)16-15(8-13)23-5-6-24-16/h7-8,12H,3-6,9-11H2,1-2H3,(H,19,20). The molecular formula is C17H24ClN3O3. The van der Waals surface area contributed by atoms with Crippen LogP contribution in [-0.4, -0.2) is 57.9 Å². The summed E-state index contributed by atoms with van der Waals surface area (Å²) < 4.78 is 16.4. The monoisotopic (exact) mass is 353 g/mol. The van der Waals surface area contributed by atoms with Crippen LogP contribution in [0.5, 0.6) is 11.5 Å². The zero-order valence-corrected chi connectivity index (χ0v) is 14.9. The first kappa shape index (κ1) is 17.2. The van der Waals surface area contributed by atoms with Gasteiger partial charge in [0.25, 0.3) is 0 Å². The van der Waals surface area contributed by atoms with Crippen molar-refractivity contribution in [3.63, 3.8) is 0 Å². The number of halogens is 1. The molecule has 1 fully saturated rings. The summed E-state index contributed by atoms with van der Waals surface area (Å²) in [6.45, 7) is 4.48. The minimum absolute atomic E-state index is 0.536. The van der Waals surface area contributed by atoms with Crippen molar-refractivity contribution in [3.8, 4) is 11.5 Å². The predicted octanol–water partition coefficient (Wildman–Crippen LogP) is 2.15. The number of benzene rings is 1. The first-order valence-corrected chi connectivity index (χ1v) is 8.61. The second-order valence-corrected chi connectivity index (χ2v) is 6.47. The molecule has 2 aliphatic rings. The van der Waals surface area contributed by atoms with E-state index in [0.29, 0.717) is 42.2 Å². The molecule has 2 aliphatic heterocycles. The van der Waals surface area contributed by atoms with Crippen molar-refractivity contribution in [2.24, 2.45) is 10.9 Å². The van der Waals surface area contributed by atoms with Gasteiger partial charge in [-0.1, -0.05) is 11.6 Å². The van der Waals surface area contributed by atoms with Crippen LogP contribution in [-0.2, 0) is 11.3 Å². The van der Waals surface area contributed by atoms with Gasteiger partial charge in [-0.3, -0.25) is 4.99 Å². The molecule has 0 amide bonds. The van der Waals surface area contributed by atoms with E-state index in [0.717, 1.165) is 37.6 Å². The Hall–Kier alpha value is -1.66. The summed E-state index contributed by atoms with van der Waals surface area (Å²) >= 11 is 6.29. The van der Waals surface area contributed by atoms with Crippen LogP contribution in [0.25, 0.3) is 0 Å². The van der Waals surface area contributed by atoms with Gasteiger partial charge in [-0.05, 0) is 24.1 Å². The summed E-state index contributed by atoms with van der Waals surface area (Å²) in [5, 5.41) is 3.99. The summed E-state index contributed by atoms with van der Waals surface area (Å²) in [5.41, 5.74) is 1.04. The first-order valence-electron chi connectivity index (χ1n) is 8.23. The molecule has 1 N–H and O–H groups in total. The average Bonchev–Trinajstić information content (AvgIpc) is 3.04. The zero-order valence-electron chi connectivity index (χ0n) is 14.2. The van der Waals surface area contributed by atoms with Crippen molar-refractivity contribution < 1.29 is 14.2 Å². The fourth-order valence-corrected chi connectivity index (χ4v) is 3.46. The van der Waals surface area contributed by atoms with E-state index in [9.17, 15) is 0 Å². The van der Waals surface area contributed by atoms with E-state index < -0.39 is 0 Å². The summed E-state index contributed by atoms with van der Waals surface area (Å²) in [6, 6.07) is 3.88. The molecule has 0 aliphatic carbocycles. The van der Waals surface area contributed by atoms with E-state index in [1.54, 1.807) is 7.11 Å². The van der Waals surface area contributed by atoms with Gasteiger partial charge in [-0.15, -0.1) is 0 Å². The molecule has 1 aromatic carbocycles. The molecule has 0 spiro atoms. The lowest BCUT2D eigenvalue weighted by Crippen LogP contribution is -2.39. The quantitative estimate of drug-likeness (QED) is 0.664. The first-order chi connectivity index (χ1) is 11.7. The Balaban J connectivity index is 1.61. The number of ether oxygens (including phenoxy) is 3. The van der Waals surface area contributed by atoms with Crippen LogP contribution in [0.1, 0.15) is 12.0 Å². The average molecular weight is 354 g/mol. The van der Waals surface area contributed by atoms with E-state index in [1.807, 2.05) is 19.2 Å². The lowest BCUT2D eigenvalue weighted by Gasteiger charge is -2.23. The molecule has 0 radical (unpaired) electrons. The Bertz CT molecular complexity index is 609. The molecular weight excluding hydrogens is 330 g/mol. The highest BCUT2D eigenvalue weighted by molar-refractivity contribution is 6.32. The van der Waals surface area contributed by atoms with Crippen LogP contribution in [0, 0.1) is 5.92 Å². The van der Waals surface area contributed by atoms with Gasteiger partial charge in [0, 0.05) is 39.7 Å². The number of nitrogens with zero attached hydrogens (tertiary/aromatic N) is 2. The summed E-state index contributed by atoms with van der Waals surface area (Å²) in [6.07, 6.45) is 1.13. The van der Waals surface area contributed by atoms with E-state index in [1.165, 1.54) is 0 Å². The Morgan fingerprint density at radius 2 is 2.25 bits per heavy atom. The highest BCUT2D eigenvalue weighted by Gasteiger charge is 2.24. The van der Waals surface area contributed by atoms with Crippen molar-refractivity contribution in [2.75, 3.05) is 47.1 Å². The number of rotatable bonds is 4. The third kappa shape index (κ3) is 3.87. The number of aliphatic imine (C=N–C) groups is 1. The largest absolute Gasteiger partial charge is 0.486 e. The van der Waals surface area contributed by atoms with Crippen LogP contribution < -0.4 is 14.8 Å².